The minimum atomic E-state index is -0.460. The molecule has 0 bridgehead atoms. The first-order chi connectivity index (χ1) is 17.2. The number of carbonyl (C=O) groups is 3. The Morgan fingerprint density at radius 1 is 0.944 bits per heavy atom. The molecule has 3 heterocycles. The number of aromatic nitrogens is 2. The van der Waals surface area contributed by atoms with Crippen molar-refractivity contribution in [3.8, 4) is 0 Å². The minimum Gasteiger partial charge on any atom is -0.312 e. The Morgan fingerprint density at radius 2 is 1.67 bits per heavy atom. The van der Waals surface area contributed by atoms with Crippen LogP contribution in [0.15, 0.2) is 36.4 Å². The minimum absolute atomic E-state index is 0.0572. The molecule has 5 rings (SSSR count). The number of carbonyl (C=O) groups excluding carboxylic acids is 3. The van der Waals surface area contributed by atoms with E-state index in [4.69, 9.17) is 0 Å². The van der Waals surface area contributed by atoms with E-state index < -0.39 is 5.92 Å². The van der Waals surface area contributed by atoms with Gasteiger partial charge in [-0.05, 0) is 68.1 Å². The highest BCUT2D eigenvalue weighted by Gasteiger charge is 2.37. The lowest BCUT2D eigenvalue weighted by molar-refractivity contribution is -0.122. The summed E-state index contributed by atoms with van der Waals surface area (Å²) >= 11 is 1.29. The predicted molar refractivity (Wildman–Crippen MR) is 141 cm³/mol. The first-order valence-corrected chi connectivity index (χ1v) is 12.9. The van der Waals surface area contributed by atoms with E-state index >= 15 is 0 Å². The van der Waals surface area contributed by atoms with E-state index in [1.54, 1.807) is 9.80 Å². The molecule has 2 fully saturated rings. The number of benzene rings is 2. The number of hydrogen-bond donors (Lipinski definition) is 1. The van der Waals surface area contributed by atoms with Crippen molar-refractivity contribution in [2.24, 2.45) is 5.92 Å². The molecule has 2 atom stereocenters. The smallest absolute Gasteiger partial charge is 0.231 e. The second-order valence-corrected chi connectivity index (χ2v) is 10.8. The molecule has 186 valence electrons. The van der Waals surface area contributed by atoms with Crippen LogP contribution in [-0.4, -0.2) is 41.0 Å². The normalized spacial score (nSPS) is 19.9. The molecule has 2 aliphatic rings. The monoisotopic (exact) mass is 503 g/mol. The second kappa shape index (κ2) is 9.46. The highest BCUT2D eigenvalue weighted by molar-refractivity contribution is 7.15. The Balaban J connectivity index is 1.24. The summed E-state index contributed by atoms with van der Waals surface area (Å²) in [5.74, 6) is -0.773. The third kappa shape index (κ3) is 4.63. The largest absolute Gasteiger partial charge is 0.312 e. The quantitative estimate of drug-likeness (QED) is 0.561. The standard InChI is InChI=1S/C27H29N5O3S/c1-15-8-16(2)10-21(9-15)31-14-20(12-23(31)33)26-29-30-27(36-26)28-25(35)19-11-24(34)32(13-19)22-7-5-6-17(3)18(22)4/h5-10,19-20H,11-14H2,1-4H3,(H,28,30,35). The topological polar surface area (TPSA) is 95.5 Å². The van der Waals surface area contributed by atoms with Crippen molar-refractivity contribution in [3.05, 3.63) is 63.7 Å². The van der Waals surface area contributed by atoms with Crippen molar-refractivity contribution in [1.29, 1.82) is 0 Å². The second-order valence-electron chi connectivity index (χ2n) is 9.81. The van der Waals surface area contributed by atoms with Crippen LogP contribution in [0.5, 0.6) is 0 Å². The summed E-state index contributed by atoms with van der Waals surface area (Å²) < 4.78 is 0. The number of anilines is 3. The molecule has 2 aromatic carbocycles. The van der Waals surface area contributed by atoms with Crippen LogP contribution in [0.3, 0.4) is 0 Å². The lowest BCUT2D eigenvalue weighted by atomic mass is 10.1. The fourth-order valence-electron chi connectivity index (χ4n) is 5.03. The van der Waals surface area contributed by atoms with Gasteiger partial charge in [0.2, 0.25) is 22.9 Å². The molecular formula is C27H29N5O3S. The van der Waals surface area contributed by atoms with Gasteiger partial charge in [0.05, 0.1) is 5.92 Å². The van der Waals surface area contributed by atoms with Gasteiger partial charge >= 0.3 is 0 Å². The van der Waals surface area contributed by atoms with Crippen molar-refractivity contribution >= 4 is 45.6 Å². The third-order valence-corrected chi connectivity index (χ3v) is 8.03. The average molecular weight is 504 g/mol. The molecule has 3 aromatic rings. The van der Waals surface area contributed by atoms with Crippen LogP contribution in [0, 0.1) is 33.6 Å². The number of aryl methyl sites for hydroxylation is 3. The summed E-state index contributed by atoms with van der Waals surface area (Å²) in [5, 5.41) is 12.4. The third-order valence-electron chi connectivity index (χ3n) is 7.03. The molecular weight excluding hydrogens is 474 g/mol. The fourth-order valence-corrected chi connectivity index (χ4v) is 5.87. The van der Waals surface area contributed by atoms with Gasteiger partial charge in [0.15, 0.2) is 0 Å². The molecule has 3 amide bonds. The van der Waals surface area contributed by atoms with Crippen molar-refractivity contribution in [3.63, 3.8) is 0 Å². The molecule has 9 heteroatoms. The zero-order valence-electron chi connectivity index (χ0n) is 20.9. The molecule has 0 spiro atoms. The highest BCUT2D eigenvalue weighted by atomic mass is 32.1. The van der Waals surface area contributed by atoms with Gasteiger partial charge < -0.3 is 15.1 Å². The van der Waals surface area contributed by atoms with Crippen molar-refractivity contribution < 1.29 is 14.4 Å². The lowest BCUT2D eigenvalue weighted by Gasteiger charge is -2.20. The van der Waals surface area contributed by atoms with Crippen molar-refractivity contribution in [2.75, 3.05) is 28.2 Å². The Morgan fingerprint density at radius 3 is 2.42 bits per heavy atom. The van der Waals surface area contributed by atoms with Crippen molar-refractivity contribution in [1.82, 2.24) is 10.2 Å². The van der Waals surface area contributed by atoms with Gasteiger partial charge in [0.1, 0.15) is 5.01 Å². The Kier molecular flexibility index (Phi) is 6.34. The first-order valence-electron chi connectivity index (χ1n) is 12.1. The van der Waals surface area contributed by atoms with Gasteiger partial charge in [-0.15, -0.1) is 10.2 Å². The van der Waals surface area contributed by atoms with E-state index in [0.717, 1.165) is 38.6 Å². The summed E-state index contributed by atoms with van der Waals surface area (Å²) in [7, 11) is 0. The number of amides is 3. The predicted octanol–water partition coefficient (Wildman–Crippen LogP) is 4.28. The first kappa shape index (κ1) is 24.1. The van der Waals surface area contributed by atoms with Crippen LogP contribution < -0.4 is 15.1 Å². The molecule has 0 saturated carbocycles. The number of rotatable bonds is 5. The number of nitrogens with one attached hydrogen (secondary N) is 1. The maximum absolute atomic E-state index is 13.0. The van der Waals surface area contributed by atoms with Crippen LogP contribution in [-0.2, 0) is 14.4 Å². The maximum Gasteiger partial charge on any atom is 0.231 e. The molecule has 2 aliphatic heterocycles. The molecule has 1 aromatic heterocycles. The van der Waals surface area contributed by atoms with E-state index in [2.05, 4.69) is 21.6 Å². The molecule has 8 nitrogen and oxygen atoms in total. The number of nitrogens with zero attached hydrogens (tertiary/aromatic N) is 4. The van der Waals surface area contributed by atoms with Gasteiger partial charge in [-0.25, -0.2) is 0 Å². The summed E-state index contributed by atoms with van der Waals surface area (Å²) in [6.45, 7) is 8.91. The highest BCUT2D eigenvalue weighted by Crippen LogP contribution is 2.35. The Hall–Kier alpha value is -3.59. The SMILES string of the molecule is Cc1cc(C)cc(N2CC(c3nnc(NC(=O)C4CC(=O)N(c5cccc(C)c5C)C4)s3)CC2=O)c1. The molecule has 2 saturated heterocycles. The average Bonchev–Trinajstić information content (AvgIpc) is 3.53. The van der Waals surface area contributed by atoms with Gasteiger partial charge in [0, 0.05) is 43.2 Å². The van der Waals surface area contributed by atoms with Crippen LogP contribution in [0.2, 0.25) is 0 Å². The van der Waals surface area contributed by atoms with E-state index in [1.807, 2.05) is 58.0 Å². The Labute approximate surface area is 214 Å². The van der Waals surface area contributed by atoms with E-state index in [9.17, 15) is 14.4 Å². The van der Waals surface area contributed by atoms with E-state index in [1.165, 1.54) is 11.3 Å². The van der Waals surface area contributed by atoms with Crippen LogP contribution in [0.25, 0.3) is 0 Å². The molecule has 0 aliphatic carbocycles. The zero-order chi connectivity index (χ0) is 25.6. The zero-order valence-corrected chi connectivity index (χ0v) is 21.7. The fraction of sp³-hybridized carbons (Fsp3) is 0.370. The van der Waals surface area contributed by atoms with Crippen LogP contribution in [0.4, 0.5) is 16.5 Å². The van der Waals surface area contributed by atoms with Gasteiger partial charge in [-0.2, -0.15) is 0 Å². The Bertz CT molecular complexity index is 1350. The van der Waals surface area contributed by atoms with Crippen molar-refractivity contribution in [2.45, 2.75) is 46.5 Å². The maximum atomic E-state index is 13.0. The van der Waals surface area contributed by atoms with E-state index in [0.29, 0.717) is 24.6 Å². The summed E-state index contributed by atoms with van der Waals surface area (Å²) in [6.07, 6.45) is 0.518. The molecule has 1 N–H and O–H groups in total. The molecule has 2 unspecified atom stereocenters. The summed E-state index contributed by atoms with van der Waals surface area (Å²) in [4.78, 5) is 41.9. The summed E-state index contributed by atoms with van der Waals surface area (Å²) in [5.41, 5.74) is 6.13. The number of hydrogen-bond acceptors (Lipinski definition) is 6. The van der Waals surface area contributed by atoms with Gasteiger partial charge in [-0.3, -0.25) is 14.4 Å². The van der Waals surface area contributed by atoms with Crippen LogP contribution >= 0.6 is 11.3 Å². The van der Waals surface area contributed by atoms with Crippen LogP contribution in [0.1, 0.15) is 46.0 Å². The molecule has 0 radical (unpaired) electrons. The van der Waals surface area contributed by atoms with Gasteiger partial charge in [-0.1, -0.05) is 29.5 Å². The lowest BCUT2D eigenvalue weighted by Crippen LogP contribution is -2.28. The van der Waals surface area contributed by atoms with Gasteiger partial charge in [0.25, 0.3) is 0 Å². The molecule has 36 heavy (non-hydrogen) atoms. The van der Waals surface area contributed by atoms with E-state index in [-0.39, 0.29) is 30.1 Å². The summed E-state index contributed by atoms with van der Waals surface area (Å²) in [6, 6.07) is 12.0.